The van der Waals surface area contributed by atoms with E-state index in [1.165, 1.54) is 0 Å². The second-order valence-corrected chi connectivity index (χ2v) is 6.15. The number of hydrogen-bond donors (Lipinski definition) is 2. The van der Waals surface area contributed by atoms with E-state index in [2.05, 4.69) is 26.2 Å². The van der Waals surface area contributed by atoms with Crippen molar-refractivity contribution in [3.63, 3.8) is 0 Å². The molecule has 3 aromatic rings. The van der Waals surface area contributed by atoms with Gasteiger partial charge in [-0.15, -0.1) is 0 Å². The number of carboxylic acid groups (broad SMARTS) is 1. The molecule has 1 aromatic heterocycles. The zero-order valence-corrected chi connectivity index (χ0v) is 14.3. The van der Waals surface area contributed by atoms with Gasteiger partial charge < -0.3 is 14.8 Å². The summed E-state index contributed by atoms with van der Waals surface area (Å²) >= 11 is 3.40. The molecule has 0 fully saturated rings. The average molecular weight is 387 g/mol. The molecule has 0 atom stereocenters. The minimum Gasteiger partial charge on any atom is -0.480 e. The van der Waals surface area contributed by atoms with Crippen molar-refractivity contribution < 1.29 is 14.3 Å². The maximum atomic E-state index is 10.5. The number of aromatic nitrogens is 1. The summed E-state index contributed by atoms with van der Waals surface area (Å²) in [6, 6.07) is 15.5. The van der Waals surface area contributed by atoms with Crippen LogP contribution in [0.25, 0.3) is 22.7 Å². The molecule has 3 rings (SSSR count). The van der Waals surface area contributed by atoms with E-state index in [1.54, 1.807) is 6.26 Å². The molecule has 0 saturated heterocycles. The third-order valence-electron chi connectivity index (χ3n) is 3.45. The lowest BCUT2D eigenvalue weighted by Gasteiger charge is -2.03. The summed E-state index contributed by atoms with van der Waals surface area (Å²) in [6.07, 6.45) is 1.63. The van der Waals surface area contributed by atoms with Gasteiger partial charge in [0.2, 0.25) is 5.89 Å². The molecule has 0 aliphatic heterocycles. The maximum absolute atomic E-state index is 10.5. The Morgan fingerprint density at radius 2 is 1.75 bits per heavy atom. The van der Waals surface area contributed by atoms with Crippen LogP contribution >= 0.6 is 15.9 Å². The van der Waals surface area contributed by atoms with Crippen molar-refractivity contribution in [2.75, 3.05) is 6.54 Å². The van der Waals surface area contributed by atoms with Crippen LogP contribution in [-0.2, 0) is 11.3 Å². The lowest BCUT2D eigenvalue weighted by atomic mass is 10.1. The van der Waals surface area contributed by atoms with E-state index in [-0.39, 0.29) is 6.54 Å². The van der Waals surface area contributed by atoms with Gasteiger partial charge in [-0.2, -0.15) is 0 Å². The minimum atomic E-state index is -0.866. The molecule has 122 valence electrons. The third kappa shape index (κ3) is 4.10. The van der Waals surface area contributed by atoms with Crippen LogP contribution in [0.4, 0.5) is 0 Å². The number of carbonyl (C=O) groups is 1. The highest BCUT2D eigenvalue weighted by molar-refractivity contribution is 9.10. The Hall–Kier alpha value is -2.44. The minimum absolute atomic E-state index is 0.0540. The Labute approximate surface area is 147 Å². The summed E-state index contributed by atoms with van der Waals surface area (Å²) in [7, 11) is 0. The van der Waals surface area contributed by atoms with Gasteiger partial charge in [0.05, 0.1) is 6.54 Å². The predicted molar refractivity (Wildman–Crippen MR) is 94.4 cm³/mol. The first-order valence-corrected chi connectivity index (χ1v) is 8.14. The molecule has 0 aliphatic carbocycles. The summed E-state index contributed by atoms with van der Waals surface area (Å²) < 4.78 is 6.57. The molecule has 0 spiro atoms. The number of rotatable bonds is 6. The fourth-order valence-electron chi connectivity index (χ4n) is 2.24. The number of carboxylic acids is 1. The molecule has 0 radical (unpaired) electrons. The van der Waals surface area contributed by atoms with E-state index in [4.69, 9.17) is 9.52 Å². The molecular weight excluding hydrogens is 372 g/mol. The van der Waals surface area contributed by atoms with E-state index >= 15 is 0 Å². The zero-order chi connectivity index (χ0) is 16.9. The molecule has 0 unspecified atom stereocenters. The van der Waals surface area contributed by atoms with Crippen LogP contribution in [0.5, 0.6) is 0 Å². The van der Waals surface area contributed by atoms with Crippen molar-refractivity contribution in [3.05, 3.63) is 64.8 Å². The summed E-state index contributed by atoms with van der Waals surface area (Å²) in [6.45, 7) is 0.455. The van der Waals surface area contributed by atoms with E-state index in [9.17, 15) is 4.79 Å². The highest BCUT2D eigenvalue weighted by Gasteiger charge is 2.08. The first-order chi connectivity index (χ1) is 11.6. The van der Waals surface area contributed by atoms with Gasteiger partial charge in [0.1, 0.15) is 12.0 Å². The quantitative estimate of drug-likeness (QED) is 0.670. The maximum Gasteiger partial charge on any atom is 0.317 e. The normalized spacial score (nSPS) is 10.7. The summed E-state index contributed by atoms with van der Waals surface area (Å²) in [4.78, 5) is 15.0. The molecule has 1 heterocycles. The second-order valence-electron chi connectivity index (χ2n) is 5.24. The molecule has 0 bridgehead atoms. The highest BCUT2D eigenvalue weighted by Crippen LogP contribution is 2.25. The first-order valence-electron chi connectivity index (χ1n) is 7.35. The van der Waals surface area contributed by atoms with Gasteiger partial charge in [-0.05, 0) is 29.8 Å². The molecule has 0 saturated carbocycles. The summed E-state index contributed by atoms with van der Waals surface area (Å²) in [5.74, 6) is -0.292. The molecule has 0 aliphatic rings. The standard InChI is InChI=1S/C18H15BrN2O3/c19-15-7-5-14(6-8-15)18-21-16(11-24-18)13-3-1-12(2-4-13)9-20-10-17(22)23/h1-8,11,20H,9-10H2,(H,22,23). The van der Waals surface area contributed by atoms with E-state index in [0.29, 0.717) is 12.4 Å². The summed E-state index contributed by atoms with van der Waals surface area (Å²) in [5.41, 5.74) is 3.64. The van der Waals surface area contributed by atoms with Crippen LogP contribution in [0.1, 0.15) is 5.56 Å². The Balaban J connectivity index is 1.71. The summed E-state index contributed by atoms with van der Waals surface area (Å²) in [5, 5.41) is 11.5. The molecule has 5 nitrogen and oxygen atoms in total. The topological polar surface area (TPSA) is 75.4 Å². The van der Waals surface area contributed by atoms with Crippen molar-refractivity contribution in [1.82, 2.24) is 10.3 Å². The number of halogens is 1. The zero-order valence-electron chi connectivity index (χ0n) is 12.7. The van der Waals surface area contributed by atoms with Crippen LogP contribution in [0, 0.1) is 0 Å². The lowest BCUT2D eigenvalue weighted by Crippen LogP contribution is -2.21. The Morgan fingerprint density at radius 1 is 1.08 bits per heavy atom. The number of nitrogens with zero attached hydrogens (tertiary/aromatic N) is 1. The van der Waals surface area contributed by atoms with Crippen molar-refractivity contribution >= 4 is 21.9 Å². The van der Waals surface area contributed by atoms with Crippen LogP contribution in [-0.4, -0.2) is 22.6 Å². The SMILES string of the molecule is O=C(O)CNCc1ccc(-c2coc(-c3ccc(Br)cc3)n2)cc1. The van der Waals surface area contributed by atoms with Crippen LogP contribution in [0.15, 0.2) is 63.7 Å². The molecular formula is C18H15BrN2O3. The first kappa shape index (κ1) is 16.4. The average Bonchev–Trinajstić information content (AvgIpc) is 3.06. The largest absolute Gasteiger partial charge is 0.480 e. The molecule has 2 N–H and O–H groups in total. The smallest absolute Gasteiger partial charge is 0.317 e. The molecule has 24 heavy (non-hydrogen) atoms. The van der Waals surface area contributed by atoms with Gasteiger partial charge >= 0.3 is 5.97 Å². The predicted octanol–water partition coefficient (Wildman–Crippen LogP) is 3.95. The van der Waals surface area contributed by atoms with Crippen molar-refractivity contribution in [1.29, 1.82) is 0 Å². The number of benzene rings is 2. The molecule has 0 amide bonds. The van der Waals surface area contributed by atoms with Gasteiger partial charge in [0.25, 0.3) is 0 Å². The number of hydrogen-bond acceptors (Lipinski definition) is 4. The highest BCUT2D eigenvalue weighted by atomic mass is 79.9. The molecule has 2 aromatic carbocycles. The van der Waals surface area contributed by atoms with Crippen LogP contribution < -0.4 is 5.32 Å². The Kier molecular flexibility index (Phi) is 5.08. The lowest BCUT2D eigenvalue weighted by molar-refractivity contribution is -0.135. The fourth-order valence-corrected chi connectivity index (χ4v) is 2.50. The monoisotopic (exact) mass is 386 g/mol. The van der Waals surface area contributed by atoms with Gasteiger partial charge in [0, 0.05) is 22.1 Å². The van der Waals surface area contributed by atoms with Crippen LogP contribution in [0.2, 0.25) is 0 Å². The van der Waals surface area contributed by atoms with Gasteiger partial charge in [0.15, 0.2) is 0 Å². The van der Waals surface area contributed by atoms with Gasteiger partial charge in [-0.25, -0.2) is 4.98 Å². The van der Waals surface area contributed by atoms with E-state index in [0.717, 1.165) is 26.9 Å². The van der Waals surface area contributed by atoms with Crippen LogP contribution in [0.3, 0.4) is 0 Å². The number of nitrogens with one attached hydrogen (secondary N) is 1. The van der Waals surface area contributed by atoms with Gasteiger partial charge in [-0.3, -0.25) is 4.79 Å². The fraction of sp³-hybridized carbons (Fsp3) is 0.111. The van der Waals surface area contributed by atoms with Crippen molar-refractivity contribution in [2.45, 2.75) is 6.54 Å². The Bertz CT molecular complexity index is 826. The van der Waals surface area contributed by atoms with Crippen molar-refractivity contribution in [3.8, 4) is 22.7 Å². The number of aliphatic carboxylic acids is 1. The molecule has 6 heteroatoms. The Morgan fingerprint density at radius 3 is 2.42 bits per heavy atom. The van der Waals surface area contributed by atoms with Crippen molar-refractivity contribution in [2.24, 2.45) is 0 Å². The second kappa shape index (κ2) is 7.42. The number of oxazole rings is 1. The van der Waals surface area contributed by atoms with E-state index < -0.39 is 5.97 Å². The van der Waals surface area contributed by atoms with E-state index in [1.807, 2.05) is 48.5 Å². The van der Waals surface area contributed by atoms with Gasteiger partial charge in [-0.1, -0.05) is 40.2 Å². The third-order valence-corrected chi connectivity index (χ3v) is 3.98.